The van der Waals surface area contributed by atoms with E-state index in [4.69, 9.17) is 9.47 Å². The fraction of sp³-hybridized carbons (Fsp3) is 0.385. The lowest BCUT2D eigenvalue weighted by Gasteiger charge is -2.33. The molecule has 5 nitrogen and oxygen atoms in total. The second-order valence-electron chi connectivity index (χ2n) is 4.26. The maximum atomic E-state index is 11.0. The molecule has 0 aliphatic carbocycles. The van der Waals surface area contributed by atoms with E-state index in [0.717, 1.165) is 17.5 Å². The van der Waals surface area contributed by atoms with Gasteiger partial charge in [-0.15, -0.1) is 0 Å². The summed E-state index contributed by atoms with van der Waals surface area (Å²) in [7, 11) is 0. The second-order valence-corrected chi connectivity index (χ2v) is 4.26. The highest BCUT2D eigenvalue weighted by atomic mass is 16.6. The molecular formula is C13H15NO4. The molecule has 2 rings (SSSR count). The van der Waals surface area contributed by atoms with E-state index in [9.17, 15) is 9.59 Å². The average Bonchev–Trinajstić information content (AvgIpc) is 2.39. The lowest BCUT2D eigenvalue weighted by Crippen LogP contribution is -2.44. The number of aldehydes is 1. The topological polar surface area (TPSA) is 55.8 Å². The molecule has 0 spiro atoms. The Balaban J connectivity index is 2.21. The smallest absolute Gasteiger partial charge is 0.293 e. The zero-order valence-electron chi connectivity index (χ0n) is 10.2. The van der Waals surface area contributed by atoms with Gasteiger partial charge in [0.15, 0.2) is 6.29 Å². The highest BCUT2D eigenvalue weighted by Gasteiger charge is 2.23. The van der Waals surface area contributed by atoms with Gasteiger partial charge in [0.25, 0.3) is 6.47 Å². The van der Waals surface area contributed by atoms with E-state index in [1.807, 2.05) is 24.0 Å². The van der Waals surface area contributed by atoms with Crippen molar-refractivity contribution in [2.75, 3.05) is 24.8 Å². The Hall–Kier alpha value is -1.88. The molecule has 0 bridgehead atoms. The van der Waals surface area contributed by atoms with Gasteiger partial charge < -0.3 is 14.4 Å². The second kappa shape index (κ2) is 5.64. The molecule has 1 aliphatic heterocycles. The monoisotopic (exact) mass is 249 g/mol. The predicted octanol–water partition coefficient (Wildman–Crippen LogP) is 1.14. The van der Waals surface area contributed by atoms with Crippen molar-refractivity contribution >= 4 is 18.4 Å². The molecular weight excluding hydrogens is 234 g/mol. The van der Waals surface area contributed by atoms with Crippen LogP contribution < -0.4 is 4.90 Å². The normalized spacial score (nSPS) is 19.4. The van der Waals surface area contributed by atoms with Gasteiger partial charge >= 0.3 is 0 Å². The zero-order chi connectivity index (χ0) is 13.0. The number of benzene rings is 1. The fourth-order valence-electron chi connectivity index (χ4n) is 2.00. The number of ether oxygens (including phenoxy) is 2. The van der Waals surface area contributed by atoms with Crippen LogP contribution in [-0.4, -0.2) is 38.7 Å². The minimum absolute atomic E-state index is 0.295. The summed E-state index contributed by atoms with van der Waals surface area (Å²) in [6.07, 6.45) is 0.523. The first-order chi connectivity index (χ1) is 8.74. The van der Waals surface area contributed by atoms with E-state index in [0.29, 0.717) is 31.9 Å². The molecule has 0 radical (unpaired) electrons. The summed E-state index contributed by atoms with van der Waals surface area (Å²) < 4.78 is 10.3. The minimum atomic E-state index is -0.295. The molecule has 0 saturated carbocycles. The first-order valence-corrected chi connectivity index (χ1v) is 5.72. The number of rotatable bonds is 4. The van der Waals surface area contributed by atoms with Crippen LogP contribution >= 0.6 is 0 Å². The third-order valence-electron chi connectivity index (χ3n) is 2.88. The summed E-state index contributed by atoms with van der Waals surface area (Å²) in [4.78, 5) is 23.3. The maximum Gasteiger partial charge on any atom is 0.293 e. The minimum Gasteiger partial charge on any atom is -0.460 e. The highest BCUT2D eigenvalue weighted by Crippen LogP contribution is 2.23. The van der Waals surface area contributed by atoms with Crippen LogP contribution in [0.25, 0.3) is 0 Å². The van der Waals surface area contributed by atoms with Crippen LogP contribution in [0.15, 0.2) is 18.2 Å². The van der Waals surface area contributed by atoms with Gasteiger partial charge in [-0.05, 0) is 24.6 Å². The molecule has 1 aliphatic rings. The van der Waals surface area contributed by atoms with Crippen molar-refractivity contribution in [1.29, 1.82) is 0 Å². The Morgan fingerprint density at radius 3 is 3.00 bits per heavy atom. The molecule has 1 fully saturated rings. The molecule has 0 amide bonds. The Kier molecular flexibility index (Phi) is 3.94. The van der Waals surface area contributed by atoms with Crippen LogP contribution in [0, 0.1) is 6.92 Å². The summed E-state index contributed by atoms with van der Waals surface area (Å²) in [6, 6.07) is 5.59. The summed E-state index contributed by atoms with van der Waals surface area (Å²) in [6.45, 7) is 3.69. The first kappa shape index (κ1) is 12.6. The molecule has 96 valence electrons. The third kappa shape index (κ3) is 2.68. The van der Waals surface area contributed by atoms with Gasteiger partial charge in [-0.3, -0.25) is 9.59 Å². The van der Waals surface area contributed by atoms with Crippen LogP contribution in [-0.2, 0) is 14.3 Å². The molecule has 1 saturated heterocycles. The molecule has 5 heteroatoms. The summed E-state index contributed by atoms with van der Waals surface area (Å²) >= 11 is 0. The summed E-state index contributed by atoms with van der Waals surface area (Å²) in [5.41, 5.74) is 2.48. The number of nitrogens with zero attached hydrogens (tertiary/aromatic N) is 1. The van der Waals surface area contributed by atoms with Gasteiger partial charge in [-0.25, -0.2) is 0 Å². The number of aryl methyl sites for hydroxylation is 1. The van der Waals surface area contributed by atoms with Crippen molar-refractivity contribution in [3.63, 3.8) is 0 Å². The molecule has 1 aromatic carbocycles. The number of hydrogen-bond donors (Lipinski definition) is 0. The van der Waals surface area contributed by atoms with E-state index < -0.39 is 0 Å². The highest BCUT2D eigenvalue weighted by molar-refractivity contribution is 5.84. The van der Waals surface area contributed by atoms with Gasteiger partial charge in [0.05, 0.1) is 13.2 Å². The van der Waals surface area contributed by atoms with Gasteiger partial charge in [-0.1, -0.05) is 6.07 Å². The van der Waals surface area contributed by atoms with E-state index in [1.165, 1.54) is 0 Å². The molecule has 0 N–H and O–H groups in total. The van der Waals surface area contributed by atoms with Crippen LogP contribution in [0.3, 0.4) is 0 Å². The van der Waals surface area contributed by atoms with Gasteiger partial charge in [-0.2, -0.15) is 0 Å². The lowest BCUT2D eigenvalue weighted by atomic mass is 10.1. The molecule has 18 heavy (non-hydrogen) atoms. The van der Waals surface area contributed by atoms with Gasteiger partial charge in [0.1, 0.15) is 12.8 Å². The van der Waals surface area contributed by atoms with Gasteiger partial charge in [0.2, 0.25) is 0 Å². The average molecular weight is 249 g/mol. The molecule has 1 aromatic rings. The lowest BCUT2D eigenvalue weighted by molar-refractivity contribution is -0.138. The number of carbonyl (C=O) groups is 2. The standard InChI is InChI=1S/C13H15NO4/c1-10-2-3-11(6-15)13(4-10)14-5-12(18-9-16)7-17-8-14/h2-4,6,9,12H,5,7-8H2,1H3. The first-order valence-electron chi connectivity index (χ1n) is 5.72. The fourth-order valence-corrected chi connectivity index (χ4v) is 2.00. The van der Waals surface area contributed by atoms with Crippen molar-refractivity contribution in [2.24, 2.45) is 0 Å². The molecule has 1 atom stereocenters. The summed E-state index contributed by atoms with van der Waals surface area (Å²) in [5, 5.41) is 0. The Labute approximate surface area is 105 Å². The van der Waals surface area contributed by atoms with E-state index in [2.05, 4.69) is 0 Å². The zero-order valence-corrected chi connectivity index (χ0v) is 10.2. The van der Waals surface area contributed by atoms with Crippen LogP contribution in [0.4, 0.5) is 5.69 Å². The maximum absolute atomic E-state index is 11.0. The van der Waals surface area contributed by atoms with Crippen molar-refractivity contribution < 1.29 is 19.1 Å². The molecule has 1 heterocycles. The van der Waals surface area contributed by atoms with E-state index >= 15 is 0 Å². The van der Waals surface area contributed by atoms with Crippen molar-refractivity contribution in [2.45, 2.75) is 13.0 Å². The van der Waals surface area contributed by atoms with Crippen LogP contribution in [0.2, 0.25) is 0 Å². The van der Waals surface area contributed by atoms with Crippen LogP contribution in [0.5, 0.6) is 0 Å². The van der Waals surface area contributed by atoms with E-state index in [1.54, 1.807) is 6.07 Å². The predicted molar refractivity (Wildman–Crippen MR) is 65.7 cm³/mol. The van der Waals surface area contributed by atoms with Crippen molar-refractivity contribution in [3.8, 4) is 0 Å². The van der Waals surface area contributed by atoms with Crippen LogP contribution in [0.1, 0.15) is 15.9 Å². The third-order valence-corrected chi connectivity index (χ3v) is 2.88. The number of hydrogen-bond acceptors (Lipinski definition) is 5. The van der Waals surface area contributed by atoms with E-state index in [-0.39, 0.29) is 6.10 Å². The van der Waals surface area contributed by atoms with Gasteiger partial charge in [0, 0.05) is 11.3 Å². The molecule has 0 aromatic heterocycles. The Bertz CT molecular complexity index is 447. The number of carbonyl (C=O) groups excluding carboxylic acids is 2. The van der Waals surface area contributed by atoms with Crippen molar-refractivity contribution in [1.82, 2.24) is 0 Å². The van der Waals surface area contributed by atoms with Crippen molar-refractivity contribution in [3.05, 3.63) is 29.3 Å². The quantitative estimate of drug-likeness (QED) is 0.749. The summed E-state index contributed by atoms with van der Waals surface area (Å²) in [5.74, 6) is 0. The largest absolute Gasteiger partial charge is 0.460 e. The number of anilines is 1. The Morgan fingerprint density at radius 2 is 2.28 bits per heavy atom. The SMILES string of the molecule is Cc1ccc(C=O)c(N2COCC(OC=O)C2)c1. The molecule has 1 unspecified atom stereocenters. The Morgan fingerprint density at radius 1 is 1.44 bits per heavy atom.